The van der Waals surface area contributed by atoms with Crippen LogP contribution in [0.2, 0.25) is 10.0 Å². The summed E-state index contributed by atoms with van der Waals surface area (Å²) in [5.74, 6) is -0.0427. The van der Waals surface area contributed by atoms with Gasteiger partial charge in [-0.25, -0.2) is 4.98 Å². The van der Waals surface area contributed by atoms with Crippen molar-refractivity contribution in [3.63, 3.8) is 0 Å². The number of nitrogens with one attached hydrogen (secondary N) is 1. The molecule has 3 aromatic rings. The van der Waals surface area contributed by atoms with Crippen molar-refractivity contribution in [1.29, 1.82) is 0 Å². The van der Waals surface area contributed by atoms with E-state index >= 15 is 0 Å². The Morgan fingerprint density at radius 2 is 1.87 bits per heavy atom. The molecule has 0 aliphatic carbocycles. The molecule has 1 N–H and O–H groups in total. The van der Waals surface area contributed by atoms with Gasteiger partial charge in [0.05, 0.1) is 26.0 Å². The van der Waals surface area contributed by atoms with E-state index in [9.17, 15) is 4.79 Å². The van der Waals surface area contributed by atoms with E-state index in [1.54, 1.807) is 23.5 Å². The van der Waals surface area contributed by atoms with Gasteiger partial charge in [-0.1, -0.05) is 53.6 Å². The van der Waals surface area contributed by atoms with E-state index in [-0.39, 0.29) is 5.91 Å². The lowest BCUT2D eigenvalue weighted by Gasteiger charge is -2.36. The lowest BCUT2D eigenvalue weighted by molar-refractivity contribution is 0.0747. The van der Waals surface area contributed by atoms with Crippen LogP contribution in [0.1, 0.15) is 30.6 Å². The molecule has 1 aliphatic heterocycles. The van der Waals surface area contributed by atoms with Crippen LogP contribution in [-0.4, -0.2) is 47.7 Å². The number of carbonyl (C=O) groups excluding carboxylic acids is 1. The Morgan fingerprint density at radius 3 is 2.58 bits per heavy atom. The number of amides is 1. The van der Waals surface area contributed by atoms with Crippen LogP contribution in [0.5, 0.6) is 0 Å². The summed E-state index contributed by atoms with van der Waals surface area (Å²) in [4.78, 5) is 21.6. The zero-order valence-electron chi connectivity index (χ0n) is 17.4. The molecule has 0 atom stereocenters. The zero-order chi connectivity index (χ0) is 22.0. The fourth-order valence-electron chi connectivity index (χ4n) is 3.46. The van der Waals surface area contributed by atoms with E-state index in [1.807, 2.05) is 36.1 Å². The van der Waals surface area contributed by atoms with Crippen molar-refractivity contribution in [2.45, 2.75) is 20.3 Å². The van der Waals surface area contributed by atoms with Gasteiger partial charge in [0, 0.05) is 31.9 Å². The van der Waals surface area contributed by atoms with E-state index < -0.39 is 0 Å². The van der Waals surface area contributed by atoms with Gasteiger partial charge in [0.2, 0.25) is 5.13 Å². The molecule has 2 aromatic carbocycles. The predicted octanol–water partition coefficient (Wildman–Crippen LogP) is 5.76. The number of anilines is 2. The molecule has 0 saturated carbocycles. The van der Waals surface area contributed by atoms with E-state index in [0.717, 1.165) is 33.2 Å². The normalized spacial score (nSPS) is 14.9. The number of hydrazone groups is 1. The highest BCUT2D eigenvalue weighted by atomic mass is 35.5. The number of nitrogens with zero attached hydrogens (tertiary/aromatic N) is 4. The predicted molar refractivity (Wildman–Crippen MR) is 131 cm³/mol. The lowest BCUT2D eigenvalue weighted by atomic mass is 10.1. The third-order valence-corrected chi connectivity index (χ3v) is 6.89. The van der Waals surface area contributed by atoms with Crippen molar-refractivity contribution in [1.82, 2.24) is 9.88 Å². The zero-order valence-corrected chi connectivity index (χ0v) is 19.7. The quantitative estimate of drug-likeness (QED) is 0.376. The summed E-state index contributed by atoms with van der Waals surface area (Å²) in [7, 11) is 0. The Labute approximate surface area is 195 Å². The highest BCUT2D eigenvalue weighted by Gasteiger charge is 2.26. The molecule has 0 radical (unpaired) electrons. The number of benzene rings is 2. The number of piperazine rings is 1. The van der Waals surface area contributed by atoms with Crippen LogP contribution in [0.25, 0.3) is 10.2 Å². The molecular weight excluding hydrogens is 453 g/mol. The second kappa shape index (κ2) is 9.42. The molecule has 1 aromatic heterocycles. The first-order valence-corrected chi connectivity index (χ1v) is 11.7. The molecule has 1 saturated heterocycles. The fourth-order valence-corrected chi connectivity index (χ4v) is 4.76. The maximum atomic E-state index is 12.9. The molecule has 1 aliphatic rings. The molecule has 6 nitrogen and oxygen atoms in total. The van der Waals surface area contributed by atoms with Crippen LogP contribution in [0.15, 0.2) is 41.5 Å². The van der Waals surface area contributed by atoms with Crippen LogP contribution in [0, 0.1) is 0 Å². The number of hydrogen-bond acceptors (Lipinski definition) is 6. The Kier molecular flexibility index (Phi) is 6.65. The molecule has 0 spiro atoms. The molecule has 4 rings (SSSR count). The maximum absolute atomic E-state index is 12.9. The van der Waals surface area contributed by atoms with E-state index in [1.165, 1.54) is 0 Å². The summed E-state index contributed by atoms with van der Waals surface area (Å²) < 4.78 is 1.04. The van der Waals surface area contributed by atoms with Crippen LogP contribution in [0.3, 0.4) is 0 Å². The van der Waals surface area contributed by atoms with Crippen molar-refractivity contribution in [3.05, 3.63) is 52.0 Å². The van der Waals surface area contributed by atoms with Gasteiger partial charge in [-0.2, -0.15) is 5.10 Å². The van der Waals surface area contributed by atoms with Gasteiger partial charge in [0.1, 0.15) is 5.52 Å². The van der Waals surface area contributed by atoms with Crippen molar-refractivity contribution in [2.24, 2.45) is 5.10 Å². The molecule has 0 unspecified atom stereocenters. The van der Waals surface area contributed by atoms with Gasteiger partial charge in [-0.3, -0.25) is 10.2 Å². The monoisotopic (exact) mass is 475 g/mol. The lowest BCUT2D eigenvalue weighted by Crippen LogP contribution is -2.49. The first kappa shape index (κ1) is 21.9. The third kappa shape index (κ3) is 4.63. The number of halogens is 2. The number of carbonyl (C=O) groups is 1. The molecular formula is C22H23Cl2N5OS. The molecule has 1 amide bonds. The number of fused-ring (bicyclic) bond motifs is 1. The van der Waals surface area contributed by atoms with Crippen LogP contribution in [-0.2, 0) is 0 Å². The largest absolute Gasteiger partial charge is 0.365 e. The Morgan fingerprint density at radius 1 is 1.13 bits per heavy atom. The topological polar surface area (TPSA) is 60.8 Å². The third-order valence-electron chi connectivity index (χ3n) is 5.33. The highest BCUT2D eigenvalue weighted by Crippen LogP contribution is 2.38. The van der Waals surface area contributed by atoms with Crippen molar-refractivity contribution in [2.75, 3.05) is 36.5 Å². The summed E-state index contributed by atoms with van der Waals surface area (Å²) in [6.07, 6.45) is 0.881. The smallest absolute Gasteiger partial charge is 0.255 e. The summed E-state index contributed by atoms with van der Waals surface area (Å²) in [5, 5.41) is 6.22. The average Bonchev–Trinajstić information content (AvgIpc) is 3.20. The summed E-state index contributed by atoms with van der Waals surface area (Å²) in [5.41, 5.74) is 6.36. The van der Waals surface area contributed by atoms with Gasteiger partial charge >= 0.3 is 0 Å². The number of thiazole rings is 1. The summed E-state index contributed by atoms with van der Waals surface area (Å²) >= 11 is 14.3. The molecule has 162 valence electrons. The van der Waals surface area contributed by atoms with Crippen LogP contribution < -0.4 is 10.3 Å². The Balaban J connectivity index is 1.53. The van der Waals surface area contributed by atoms with Gasteiger partial charge in [0.25, 0.3) is 5.91 Å². The maximum Gasteiger partial charge on any atom is 0.255 e. The SMILES string of the molecule is CC/C(C)=N/Nc1nc2c(N3CCN(C(=O)c4ccccc4Cl)CC3)c(Cl)ccc2s1. The Hall–Kier alpha value is -2.35. The van der Waals surface area contributed by atoms with Gasteiger partial charge in [-0.05, 0) is 37.6 Å². The first-order valence-electron chi connectivity index (χ1n) is 10.1. The minimum Gasteiger partial charge on any atom is -0.365 e. The summed E-state index contributed by atoms with van der Waals surface area (Å²) in [6.45, 7) is 6.56. The van der Waals surface area contributed by atoms with Crippen molar-refractivity contribution >= 4 is 67.2 Å². The summed E-state index contributed by atoms with van der Waals surface area (Å²) in [6, 6.07) is 11.1. The van der Waals surface area contributed by atoms with E-state index in [4.69, 9.17) is 28.2 Å². The number of hydrogen-bond donors (Lipinski definition) is 1. The van der Waals surface area contributed by atoms with Crippen LogP contribution in [0.4, 0.5) is 10.8 Å². The molecule has 0 bridgehead atoms. The van der Waals surface area contributed by atoms with Crippen LogP contribution >= 0.6 is 34.5 Å². The number of rotatable bonds is 5. The van der Waals surface area contributed by atoms with Crippen molar-refractivity contribution in [3.8, 4) is 0 Å². The van der Waals surface area contributed by atoms with Crippen molar-refractivity contribution < 1.29 is 4.79 Å². The Bertz CT molecular complexity index is 1140. The highest BCUT2D eigenvalue weighted by molar-refractivity contribution is 7.22. The van der Waals surface area contributed by atoms with E-state index in [2.05, 4.69) is 22.4 Å². The van der Waals surface area contributed by atoms with Gasteiger partial charge < -0.3 is 9.80 Å². The van der Waals surface area contributed by atoms with Gasteiger partial charge in [0.15, 0.2) is 0 Å². The fraction of sp³-hybridized carbons (Fsp3) is 0.318. The second-order valence-corrected chi connectivity index (χ2v) is 9.18. The average molecular weight is 476 g/mol. The standard InChI is InChI=1S/C22H23Cl2N5OS/c1-3-14(2)26-27-22-25-19-18(31-22)9-8-17(24)20(19)28-10-12-29(13-11-28)21(30)15-6-4-5-7-16(15)23/h4-9H,3,10-13H2,1-2H3,(H,25,27)/b26-14+. The molecule has 31 heavy (non-hydrogen) atoms. The minimum atomic E-state index is -0.0427. The van der Waals surface area contributed by atoms with E-state index in [0.29, 0.717) is 41.8 Å². The minimum absolute atomic E-state index is 0.0427. The molecule has 2 heterocycles. The number of aromatic nitrogens is 1. The van der Waals surface area contributed by atoms with Gasteiger partial charge in [-0.15, -0.1) is 0 Å². The first-order chi connectivity index (χ1) is 15.0. The second-order valence-electron chi connectivity index (χ2n) is 7.33. The molecule has 1 fully saturated rings. The molecule has 9 heteroatoms.